The molecule has 0 aliphatic rings. The molecule has 0 atom stereocenters. The zero-order chi connectivity index (χ0) is 15.4. The predicted octanol–water partition coefficient (Wildman–Crippen LogP) is 1.98. The van der Waals surface area contributed by atoms with Crippen molar-refractivity contribution in [1.82, 2.24) is 9.97 Å². The Labute approximate surface area is 130 Å². The number of primary amides is 1. The van der Waals surface area contributed by atoms with Gasteiger partial charge in [0.05, 0.1) is 21.2 Å². The number of carbonyl (C=O) groups excluding carboxylic acids is 2. The zero-order valence-corrected chi connectivity index (χ0v) is 13.2. The summed E-state index contributed by atoms with van der Waals surface area (Å²) in [6, 6.07) is 3.48. The lowest BCUT2D eigenvalue weighted by molar-refractivity contribution is -0.115. The van der Waals surface area contributed by atoms with Gasteiger partial charge in [-0.25, -0.2) is 4.98 Å². The van der Waals surface area contributed by atoms with Gasteiger partial charge in [0.25, 0.3) is 5.91 Å². The Hall–Kier alpha value is -1.93. The number of pyridine rings is 1. The van der Waals surface area contributed by atoms with Crippen LogP contribution in [0.2, 0.25) is 0 Å². The van der Waals surface area contributed by atoms with E-state index in [0.29, 0.717) is 10.7 Å². The van der Waals surface area contributed by atoms with Crippen molar-refractivity contribution in [3.05, 3.63) is 35.3 Å². The molecule has 0 fully saturated rings. The van der Waals surface area contributed by atoms with Crippen LogP contribution in [0.15, 0.2) is 22.5 Å². The van der Waals surface area contributed by atoms with E-state index in [9.17, 15) is 9.59 Å². The van der Waals surface area contributed by atoms with E-state index in [1.165, 1.54) is 29.3 Å². The standard InChI is InChI=1S/C13H14N4O2S2/c1-7-3-4-9(5-15-7)11(19)17-13-16-8(2)12(21-13)20-6-10(14)18/h3-5H,6H2,1-2H3,(H2,14,18)(H,16,17,19). The molecule has 0 aromatic carbocycles. The number of aryl methyl sites for hydroxylation is 2. The molecule has 2 rings (SSSR count). The van der Waals surface area contributed by atoms with Gasteiger partial charge in [0.1, 0.15) is 0 Å². The molecule has 21 heavy (non-hydrogen) atoms. The van der Waals surface area contributed by atoms with Crippen molar-refractivity contribution in [1.29, 1.82) is 0 Å². The van der Waals surface area contributed by atoms with E-state index in [2.05, 4.69) is 15.3 Å². The molecule has 0 spiro atoms. The van der Waals surface area contributed by atoms with Crippen LogP contribution < -0.4 is 11.1 Å². The zero-order valence-electron chi connectivity index (χ0n) is 11.5. The van der Waals surface area contributed by atoms with Crippen molar-refractivity contribution in [3.63, 3.8) is 0 Å². The molecule has 0 aliphatic carbocycles. The number of rotatable bonds is 5. The summed E-state index contributed by atoms with van der Waals surface area (Å²) in [6.07, 6.45) is 1.52. The molecule has 0 bridgehead atoms. The molecule has 0 saturated heterocycles. The normalized spacial score (nSPS) is 10.4. The number of carbonyl (C=O) groups is 2. The Kier molecular flexibility index (Phi) is 4.92. The highest BCUT2D eigenvalue weighted by atomic mass is 32.2. The molecule has 3 N–H and O–H groups in total. The lowest BCUT2D eigenvalue weighted by Crippen LogP contribution is -2.12. The minimum atomic E-state index is -0.385. The summed E-state index contributed by atoms with van der Waals surface area (Å²) in [5.41, 5.74) is 7.20. The van der Waals surface area contributed by atoms with Gasteiger partial charge in [-0.3, -0.25) is 19.9 Å². The second-order valence-corrected chi connectivity index (χ2v) is 6.53. The second kappa shape index (κ2) is 6.68. The minimum Gasteiger partial charge on any atom is -0.369 e. The largest absolute Gasteiger partial charge is 0.369 e. The highest BCUT2D eigenvalue weighted by Gasteiger charge is 2.13. The van der Waals surface area contributed by atoms with Crippen LogP contribution in [0, 0.1) is 13.8 Å². The molecule has 6 nitrogen and oxygen atoms in total. The second-order valence-electron chi connectivity index (χ2n) is 4.29. The first-order valence-corrected chi connectivity index (χ1v) is 7.88. The van der Waals surface area contributed by atoms with Crippen LogP contribution in [0.3, 0.4) is 0 Å². The Morgan fingerprint density at radius 1 is 1.38 bits per heavy atom. The summed E-state index contributed by atoms with van der Waals surface area (Å²) >= 11 is 2.64. The lowest BCUT2D eigenvalue weighted by Gasteiger charge is -2.01. The number of thioether (sulfide) groups is 1. The van der Waals surface area contributed by atoms with Crippen molar-refractivity contribution in [2.45, 2.75) is 18.1 Å². The fraction of sp³-hybridized carbons (Fsp3) is 0.231. The van der Waals surface area contributed by atoms with Gasteiger partial charge >= 0.3 is 0 Å². The number of nitrogens with zero attached hydrogens (tertiary/aromatic N) is 2. The van der Waals surface area contributed by atoms with Gasteiger partial charge in [-0.1, -0.05) is 11.3 Å². The fourth-order valence-corrected chi connectivity index (χ4v) is 3.35. The third kappa shape index (κ3) is 4.27. The van der Waals surface area contributed by atoms with Crippen molar-refractivity contribution in [3.8, 4) is 0 Å². The van der Waals surface area contributed by atoms with Crippen molar-refractivity contribution >= 4 is 40.0 Å². The monoisotopic (exact) mass is 322 g/mol. The number of nitrogens with two attached hydrogens (primary N) is 1. The van der Waals surface area contributed by atoms with E-state index in [0.717, 1.165) is 15.6 Å². The summed E-state index contributed by atoms with van der Waals surface area (Å²) in [6.45, 7) is 3.68. The van der Waals surface area contributed by atoms with Gasteiger partial charge in [0.2, 0.25) is 5.91 Å². The maximum atomic E-state index is 12.0. The van der Waals surface area contributed by atoms with Crippen LogP contribution in [0.5, 0.6) is 0 Å². The number of anilines is 1. The van der Waals surface area contributed by atoms with E-state index in [1.54, 1.807) is 12.1 Å². The minimum absolute atomic E-state index is 0.193. The molecule has 2 aromatic heterocycles. The molecule has 0 aliphatic heterocycles. The first-order valence-electron chi connectivity index (χ1n) is 6.08. The third-order valence-corrected chi connectivity index (χ3v) is 4.95. The quantitative estimate of drug-likeness (QED) is 0.820. The molecule has 8 heteroatoms. The van der Waals surface area contributed by atoms with E-state index < -0.39 is 0 Å². The van der Waals surface area contributed by atoms with Crippen LogP contribution in [-0.2, 0) is 4.79 Å². The maximum Gasteiger partial charge on any atom is 0.259 e. The van der Waals surface area contributed by atoms with E-state index >= 15 is 0 Å². The number of nitrogens with one attached hydrogen (secondary N) is 1. The average molecular weight is 322 g/mol. The molecule has 2 amide bonds. The summed E-state index contributed by atoms with van der Waals surface area (Å²) in [4.78, 5) is 31.2. The van der Waals surface area contributed by atoms with Crippen molar-refractivity contribution in [2.24, 2.45) is 5.73 Å². The average Bonchev–Trinajstić information content (AvgIpc) is 2.77. The maximum absolute atomic E-state index is 12.0. The summed E-state index contributed by atoms with van der Waals surface area (Å²) in [7, 11) is 0. The summed E-state index contributed by atoms with van der Waals surface area (Å²) in [5.74, 6) is -0.454. The van der Waals surface area contributed by atoms with Gasteiger partial charge < -0.3 is 5.73 Å². The number of hydrogen-bond acceptors (Lipinski definition) is 6. The molecule has 2 aromatic rings. The molecule has 2 heterocycles. The predicted molar refractivity (Wildman–Crippen MR) is 83.7 cm³/mol. The summed E-state index contributed by atoms with van der Waals surface area (Å²) in [5, 5.41) is 3.22. The van der Waals surface area contributed by atoms with Crippen LogP contribution in [0.1, 0.15) is 21.7 Å². The van der Waals surface area contributed by atoms with Gasteiger partial charge in [-0.15, -0.1) is 11.8 Å². The Bertz CT molecular complexity index is 667. The Morgan fingerprint density at radius 3 is 2.76 bits per heavy atom. The molecule has 110 valence electrons. The smallest absolute Gasteiger partial charge is 0.259 e. The van der Waals surface area contributed by atoms with Crippen molar-refractivity contribution < 1.29 is 9.59 Å². The van der Waals surface area contributed by atoms with E-state index in [-0.39, 0.29) is 17.6 Å². The number of hydrogen-bond donors (Lipinski definition) is 2. The van der Waals surface area contributed by atoms with Gasteiger partial charge in [0.15, 0.2) is 5.13 Å². The van der Waals surface area contributed by atoms with Gasteiger partial charge in [-0.2, -0.15) is 0 Å². The van der Waals surface area contributed by atoms with Crippen molar-refractivity contribution in [2.75, 3.05) is 11.1 Å². The molecule has 0 radical (unpaired) electrons. The molecule has 0 unspecified atom stereocenters. The molecule has 0 saturated carbocycles. The first kappa shape index (κ1) is 15.5. The molecular weight excluding hydrogens is 308 g/mol. The molecular formula is C13H14N4O2S2. The van der Waals surface area contributed by atoms with Gasteiger partial charge in [0, 0.05) is 11.9 Å². The highest BCUT2D eigenvalue weighted by molar-refractivity contribution is 8.01. The van der Waals surface area contributed by atoms with E-state index in [4.69, 9.17) is 5.73 Å². The number of aromatic nitrogens is 2. The summed E-state index contributed by atoms with van der Waals surface area (Å²) < 4.78 is 0.867. The number of thiazole rings is 1. The van der Waals surface area contributed by atoms with Crippen LogP contribution in [0.25, 0.3) is 0 Å². The van der Waals surface area contributed by atoms with Crippen LogP contribution in [-0.4, -0.2) is 27.5 Å². The third-order valence-electron chi connectivity index (χ3n) is 2.49. The van der Waals surface area contributed by atoms with Crippen LogP contribution >= 0.6 is 23.1 Å². The Morgan fingerprint density at radius 2 is 2.14 bits per heavy atom. The topological polar surface area (TPSA) is 98.0 Å². The number of amides is 2. The first-order chi connectivity index (χ1) is 9.95. The SMILES string of the molecule is Cc1ccc(C(=O)Nc2nc(C)c(SCC(N)=O)s2)cn1. The van der Waals surface area contributed by atoms with Gasteiger partial charge in [-0.05, 0) is 26.0 Å². The van der Waals surface area contributed by atoms with Crippen LogP contribution in [0.4, 0.5) is 5.13 Å². The van der Waals surface area contributed by atoms with E-state index in [1.807, 2.05) is 13.8 Å². The fourth-order valence-electron chi connectivity index (χ4n) is 1.48. The highest BCUT2D eigenvalue weighted by Crippen LogP contribution is 2.31. The lowest BCUT2D eigenvalue weighted by atomic mass is 10.2. The Balaban J connectivity index is 2.05.